The molecule has 0 N–H and O–H groups in total. The Bertz CT molecular complexity index is 1080. The van der Waals surface area contributed by atoms with E-state index in [2.05, 4.69) is 0 Å². The Morgan fingerprint density at radius 3 is 2.22 bits per heavy atom. The summed E-state index contributed by atoms with van der Waals surface area (Å²) in [5.74, 6) is -2.42. The highest BCUT2D eigenvalue weighted by Crippen LogP contribution is 2.37. The van der Waals surface area contributed by atoms with E-state index in [-0.39, 0.29) is 23.5 Å². The van der Waals surface area contributed by atoms with Crippen molar-refractivity contribution in [3.8, 4) is 0 Å². The van der Waals surface area contributed by atoms with Gasteiger partial charge < -0.3 is 4.74 Å². The summed E-state index contributed by atoms with van der Waals surface area (Å²) >= 11 is 0. The average Bonchev–Trinajstić information content (AvgIpc) is 3.05. The van der Waals surface area contributed by atoms with Crippen LogP contribution in [0.5, 0.6) is 0 Å². The third-order valence-electron chi connectivity index (χ3n) is 6.24. The molecule has 1 saturated heterocycles. The van der Waals surface area contributed by atoms with Crippen LogP contribution in [0, 0.1) is 17.8 Å². The quantitative estimate of drug-likeness (QED) is 0.286. The van der Waals surface area contributed by atoms with Crippen LogP contribution in [0.1, 0.15) is 43.5 Å². The topological polar surface area (TPSA) is 80.8 Å². The van der Waals surface area contributed by atoms with E-state index in [9.17, 15) is 19.2 Å². The minimum Gasteiger partial charge on any atom is -0.456 e. The minimum absolute atomic E-state index is 0.0603. The van der Waals surface area contributed by atoms with E-state index in [1.165, 1.54) is 0 Å². The summed E-state index contributed by atoms with van der Waals surface area (Å²) in [6, 6.07) is 12.0. The maximum absolute atomic E-state index is 13.0. The number of carbonyl (C=O) groups is 4. The lowest BCUT2D eigenvalue weighted by Crippen LogP contribution is -2.47. The molecule has 1 heterocycles. The number of hydrogen-bond donors (Lipinski definition) is 0. The molecule has 3 atom stereocenters. The molecule has 0 radical (unpaired) electrons. The maximum Gasteiger partial charge on any atom is 0.329 e. The first-order valence-corrected chi connectivity index (χ1v) is 11.1. The predicted molar refractivity (Wildman–Crippen MR) is 120 cm³/mol. The highest BCUT2D eigenvalue weighted by Gasteiger charge is 2.51. The zero-order valence-electron chi connectivity index (χ0n) is 18.3. The summed E-state index contributed by atoms with van der Waals surface area (Å²) in [7, 11) is 0. The van der Waals surface area contributed by atoms with Crippen LogP contribution in [0.4, 0.5) is 0 Å². The summed E-state index contributed by atoms with van der Waals surface area (Å²) in [6.45, 7) is 3.40. The number of amides is 2. The van der Waals surface area contributed by atoms with Crippen LogP contribution >= 0.6 is 0 Å². The lowest BCUT2D eigenvalue weighted by Gasteiger charge is -2.26. The Labute approximate surface area is 187 Å². The first-order chi connectivity index (χ1) is 15.4. The van der Waals surface area contributed by atoms with Crippen LogP contribution in [0.3, 0.4) is 0 Å². The molecule has 2 aliphatic rings. The number of ether oxygens (including phenoxy) is 1. The molecule has 166 valence electrons. The van der Waals surface area contributed by atoms with Crippen LogP contribution in [0.15, 0.2) is 54.6 Å². The molecule has 1 fully saturated rings. The molecule has 2 amide bonds. The fourth-order valence-corrected chi connectivity index (χ4v) is 4.57. The van der Waals surface area contributed by atoms with E-state index in [1.54, 1.807) is 12.1 Å². The normalized spacial score (nSPS) is 21.2. The number of fused-ring (bicyclic) bond motifs is 2. The summed E-state index contributed by atoms with van der Waals surface area (Å²) in [6.07, 6.45) is 5.14. The van der Waals surface area contributed by atoms with E-state index < -0.39 is 30.5 Å². The van der Waals surface area contributed by atoms with Gasteiger partial charge >= 0.3 is 5.97 Å². The fraction of sp³-hybridized carbons (Fsp3) is 0.385. The number of rotatable bonds is 7. The number of imide groups is 1. The van der Waals surface area contributed by atoms with E-state index in [4.69, 9.17) is 4.74 Å². The van der Waals surface area contributed by atoms with Crippen LogP contribution in [0.2, 0.25) is 0 Å². The van der Waals surface area contributed by atoms with E-state index in [1.807, 2.05) is 56.3 Å². The molecule has 0 aromatic heterocycles. The van der Waals surface area contributed by atoms with Crippen molar-refractivity contribution in [2.75, 3.05) is 6.61 Å². The van der Waals surface area contributed by atoms with E-state index in [0.29, 0.717) is 24.8 Å². The number of allylic oxidation sites excluding steroid dienone is 2. The Morgan fingerprint density at radius 1 is 0.969 bits per heavy atom. The number of ketones is 1. The number of nitrogens with zero attached hydrogens (tertiary/aromatic N) is 1. The van der Waals surface area contributed by atoms with Crippen molar-refractivity contribution in [2.45, 2.75) is 39.2 Å². The summed E-state index contributed by atoms with van der Waals surface area (Å²) in [5.41, 5.74) is 0.447. The Morgan fingerprint density at radius 2 is 1.59 bits per heavy atom. The van der Waals surface area contributed by atoms with Gasteiger partial charge in [0.1, 0.15) is 6.04 Å². The lowest BCUT2D eigenvalue weighted by molar-refractivity contribution is -0.158. The summed E-state index contributed by atoms with van der Waals surface area (Å²) in [5, 5.41) is 1.94. The second-order valence-corrected chi connectivity index (χ2v) is 8.94. The molecule has 0 saturated carbocycles. The van der Waals surface area contributed by atoms with Gasteiger partial charge in [-0.2, -0.15) is 0 Å². The number of likely N-dealkylation sites (tertiary alicyclic amines) is 1. The first-order valence-electron chi connectivity index (χ1n) is 11.1. The molecule has 4 rings (SSSR count). The monoisotopic (exact) mass is 433 g/mol. The Hall–Kier alpha value is -3.28. The smallest absolute Gasteiger partial charge is 0.329 e. The summed E-state index contributed by atoms with van der Waals surface area (Å²) in [4.78, 5) is 52.7. The van der Waals surface area contributed by atoms with Crippen molar-refractivity contribution in [3.63, 3.8) is 0 Å². The molecular weight excluding hydrogens is 406 g/mol. The Kier molecular flexibility index (Phi) is 6.21. The highest BCUT2D eigenvalue weighted by atomic mass is 16.5. The summed E-state index contributed by atoms with van der Waals surface area (Å²) < 4.78 is 5.35. The van der Waals surface area contributed by atoms with Gasteiger partial charge in [-0.05, 0) is 42.0 Å². The van der Waals surface area contributed by atoms with Crippen LogP contribution in [-0.4, -0.2) is 41.1 Å². The van der Waals surface area contributed by atoms with Gasteiger partial charge in [-0.3, -0.25) is 19.3 Å². The number of esters is 1. The van der Waals surface area contributed by atoms with Gasteiger partial charge in [-0.15, -0.1) is 0 Å². The number of carbonyl (C=O) groups excluding carboxylic acids is 4. The SMILES string of the molecule is CC(C)CC(C(=O)OCC(=O)c1ccc2ccccc2c1)N1C(=O)C2CC=CCC2C1=O. The van der Waals surface area contributed by atoms with Crippen molar-refractivity contribution in [3.05, 3.63) is 60.2 Å². The highest BCUT2D eigenvalue weighted by molar-refractivity contribution is 6.08. The van der Waals surface area contributed by atoms with Crippen LogP contribution < -0.4 is 0 Å². The molecule has 32 heavy (non-hydrogen) atoms. The second kappa shape index (κ2) is 9.07. The van der Waals surface area contributed by atoms with E-state index in [0.717, 1.165) is 15.7 Å². The van der Waals surface area contributed by atoms with Gasteiger partial charge in [0.15, 0.2) is 12.4 Å². The molecule has 6 heteroatoms. The molecule has 1 aliphatic carbocycles. The van der Waals surface area contributed by atoms with Crippen molar-refractivity contribution < 1.29 is 23.9 Å². The zero-order valence-corrected chi connectivity index (χ0v) is 18.3. The predicted octanol–water partition coefficient (Wildman–Crippen LogP) is 3.93. The van der Waals surface area contributed by atoms with Gasteiger partial charge in [0, 0.05) is 5.56 Å². The number of hydrogen-bond acceptors (Lipinski definition) is 5. The Balaban J connectivity index is 1.48. The molecule has 0 bridgehead atoms. The molecule has 6 nitrogen and oxygen atoms in total. The first kappa shape index (κ1) is 21.9. The van der Waals surface area contributed by atoms with Crippen LogP contribution in [-0.2, 0) is 19.1 Å². The molecule has 3 unspecified atom stereocenters. The molecule has 2 aromatic carbocycles. The largest absolute Gasteiger partial charge is 0.456 e. The molecule has 1 aliphatic heterocycles. The average molecular weight is 434 g/mol. The van der Waals surface area contributed by atoms with Gasteiger partial charge in [-0.25, -0.2) is 4.79 Å². The van der Waals surface area contributed by atoms with Gasteiger partial charge in [0.25, 0.3) is 0 Å². The second-order valence-electron chi connectivity index (χ2n) is 8.94. The molecule has 0 spiro atoms. The minimum atomic E-state index is -1.01. The van der Waals surface area contributed by atoms with Crippen molar-refractivity contribution in [1.29, 1.82) is 0 Å². The fourth-order valence-electron chi connectivity index (χ4n) is 4.57. The third kappa shape index (κ3) is 4.22. The maximum atomic E-state index is 13.0. The van der Waals surface area contributed by atoms with Gasteiger partial charge in [-0.1, -0.05) is 62.4 Å². The molecule has 2 aromatic rings. The molecular formula is C26H27NO5. The van der Waals surface area contributed by atoms with Crippen molar-refractivity contribution >= 4 is 34.3 Å². The van der Waals surface area contributed by atoms with Crippen molar-refractivity contribution in [2.24, 2.45) is 17.8 Å². The van der Waals surface area contributed by atoms with Crippen LogP contribution in [0.25, 0.3) is 10.8 Å². The van der Waals surface area contributed by atoms with Gasteiger partial charge in [0.05, 0.1) is 11.8 Å². The number of benzene rings is 2. The van der Waals surface area contributed by atoms with Gasteiger partial charge in [0.2, 0.25) is 11.8 Å². The lowest BCUT2D eigenvalue weighted by atomic mass is 9.85. The van der Waals surface area contributed by atoms with Crippen molar-refractivity contribution in [1.82, 2.24) is 4.90 Å². The zero-order chi connectivity index (χ0) is 22.8. The van der Waals surface area contributed by atoms with E-state index >= 15 is 0 Å². The third-order valence-corrected chi connectivity index (χ3v) is 6.24. The standard InChI is InChI=1S/C26H27NO5/c1-16(2)13-22(27-24(29)20-9-5-6-10-21(20)25(27)30)26(31)32-15-23(28)19-12-11-17-7-3-4-8-18(17)14-19/h3-8,11-12,14,16,20-22H,9-10,13,15H2,1-2H3. The number of Topliss-reactive ketones (excluding diaryl/α,β-unsaturated/α-hetero) is 1.